The van der Waals surface area contributed by atoms with E-state index in [4.69, 9.17) is 15.9 Å². The van der Waals surface area contributed by atoms with Crippen LogP contribution in [0.1, 0.15) is 11.6 Å². The fourth-order valence-electron chi connectivity index (χ4n) is 1.02. The van der Waals surface area contributed by atoms with Gasteiger partial charge in [-0.1, -0.05) is 12.1 Å². The lowest BCUT2D eigenvalue weighted by Crippen LogP contribution is -2.33. The van der Waals surface area contributed by atoms with Crippen molar-refractivity contribution in [1.82, 2.24) is 0 Å². The first-order chi connectivity index (χ1) is 6.52. The Bertz CT molecular complexity index is 325. The van der Waals surface area contributed by atoms with Gasteiger partial charge >= 0.3 is 5.97 Å². The summed E-state index contributed by atoms with van der Waals surface area (Å²) in [6.45, 7) is 0. The Morgan fingerprint density at radius 3 is 2.29 bits per heavy atom. The maximum Gasteiger partial charge on any atom is 0.334 e. The summed E-state index contributed by atoms with van der Waals surface area (Å²) in [5.41, 5.74) is 5.81. The Balaban J connectivity index is 2.84. The van der Waals surface area contributed by atoms with E-state index in [1.54, 1.807) is 0 Å². The van der Waals surface area contributed by atoms with Gasteiger partial charge < -0.3 is 15.9 Å². The molecule has 0 amide bonds. The maximum absolute atomic E-state index is 12.5. The molecule has 0 radical (unpaired) electrons. The predicted molar refractivity (Wildman–Crippen MR) is 47.0 cm³/mol. The second kappa shape index (κ2) is 4.17. The molecule has 0 saturated carbocycles. The number of aliphatic hydroxyl groups excluding tert-OH is 1. The third-order valence-corrected chi connectivity index (χ3v) is 1.85. The van der Waals surface area contributed by atoms with E-state index in [0.717, 1.165) is 12.1 Å². The molecule has 0 aliphatic rings. The van der Waals surface area contributed by atoms with Crippen LogP contribution in [0.15, 0.2) is 24.3 Å². The Hall–Kier alpha value is -1.46. The molecule has 0 bridgehead atoms. The van der Waals surface area contributed by atoms with Crippen molar-refractivity contribution in [2.45, 2.75) is 12.1 Å². The molecule has 76 valence electrons. The minimum Gasteiger partial charge on any atom is -0.479 e. The standard InChI is InChI=1S/C9H10FNO3/c10-6-3-1-5(2-4-6)7(11)8(12)9(13)14/h1-4,7-8,12H,11H2,(H,13,14)/t7-,8+/m0/s1. The summed E-state index contributed by atoms with van der Waals surface area (Å²) in [4.78, 5) is 10.4. The van der Waals surface area contributed by atoms with Crippen molar-refractivity contribution in [3.8, 4) is 0 Å². The lowest BCUT2D eigenvalue weighted by molar-refractivity contribution is -0.147. The first-order valence-corrected chi connectivity index (χ1v) is 3.94. The average Bonchev–Trinajstić information content (AvgIpc) is 2.16. The van der Waals surface area contributed by atoms with E-state index in [2.05, 4.69) is 0 Å². The molecule has 4 N–H and O–H groups in total. The topological polar surface area (TPSA) is 83.5 Å². The Morgan fingerprint density at radius 2 is 1.86 bits per heavy atom. The Kier molecular flexibility index (Phi) is 3.16. The Labute approximate surface area is 79.8 Å². The predicted octanol–water partition coefficient (Wildman–Crippen LogP) is 0.271. The van der Waals surface area contributed by atoms with Gasteiger partial charge in [-0.05, 0) is 17.7 Å². The van der Waals surface area contributed by atoms with Crippen LogP contribution in [0.5, 0.6) is 0 Å². The van der Waals surface area contributed by atoms with Gasteiger partial charge in [0.05, 0.1) is 6.04 Å². The highest BCUT2D eigenvalue weighted by atomic mass is 19.1. The Morgan fingerprint density at radius 1 is 1.36 bits per heavy atom. The molecular formula is C9H10FNO3. The zero-order chi connectivity index (χ0) is 10.7. The molecule has 5 heteroatoms. The van der Waals surface area contributed by atoms with Crippen LogP contribution in [0, 0.1) is 5.82 Å². The molecule has 0 heterocycles. The smallest absolute Gasteiger partial charge is 0.334 e. The largest absolute Gasteiger partial charge is 0.479 e. The number of nitrogens with two attached hydrogens (primary N) is 1. The first kappa shape index (κ1) is 10.6. The van der Waals surface area contributed by atoms with Gasteiger partial charge in [0.15, 0.2) is 6.10 Å². The number of aliphatic carboxylic acids is 1. The maximum atomic E-state index is 12.5. The van der Waals surface area contributed by atoms with E-state index >= 15 is 0 Å². The summed E-state index contributed by atoms with van der Waals surface area (Å²) in [6, 6.07) is 3.94. The zero-order valence-corrected chi connectivity index (χ0v) is 7.22. The monoisotopic (exact) mass is 199 g/mol. The number of carboxylic acids is 1. The van der Waals surface area contributed by atoms with E-state index in [9.17, 15) is 9.18 Å². The van der Waals surface area contributed by atoms with Crippen LogP contribution >= 0.6 is 0 Å². The molecule has 0 spiro atoms. The van der Waals surface area contributed by atoms with Gasteiger partial charge in [0.25, 0.3) is 0 Å². The molecule has 4 nitrogen and oxygen atoms in total. The normalized spacial score (nSPS) is 14.8. The van der Waals surface area contributed by atoms with E-state index in [-0.39, 0.29) is 0 Å². The highest BCUT2D eigenvalue weighted by Crippen LogP contribution is 2.14. The van der Waals surface area contributed by atoms with E-state index in [1.807, 2.05) is 0 Å². The molecule has 1 aromatic rings. The molecule has 2 atom stereocenters. The van der Waals surface area contributed by atoms with Crippen LogP contribution in [0.25, 0.3) is 0 Å². The summed E-state index contributed by atoms with van der Waals surface area (Å²) >= 11 is 0. The molecular weight excluding hydrogens is 189 g/mol. The van der Waals surface area contributed by atoms with E-state index in [1.165, 1.54) is 12.1 Å². The number of halogens is 1. The van der Waals surface area contributed by atoms with Crippen LogP contribution in [0.3, 0.4) is 0 Å². The number of carboxylic acid groups (broad SMARTS) is 1. The van der Waals surface area contributed by atoms with Crippen molar-refractivity contribution < 1.29 is 19.4 Å². The van der Waals surface area contributed by atoms with Crippen molar-refractivity contribution in [2.75, 3.05) is 0 Å². The van der Waals surface area contributed by atoms with Crippen LogP contribution in [-0.4, -0.2) is 22.3 Å². The molecule has 1 rings (SSSR count). The third kappa shape index (κ3) is 2.27. The number of rotatable bonds is 3. The van der Waals surface area contributed by atoms with Gasteiger partial charge in [0, 0.05) is 0 Å². The van der Waals surface area contributed by atoms with Crippen LogP contribution in [-0.2, 0) is 4.79 Å². The van der Waals surface area contributed by atoms with Gasteiger partial charge in [0.1, 0.15) is 5.82 Å². The molecule has 1 aromatic carbocycles. The second-order valence-electron chi connectivity index (χ2n) is 2.86. The second-order valence-corrected chi connectivity index (χ2v) is 2.86. The molecule has 0 fully saturated rings. The van der Waals surface area contributed by atoms with Gasteiger partial charge in [-0.25, -0.2) is 9.18 Å². The highest BCUT2D eigenvalue weighted by Gasteiger charge is 2.23. The number of hydrogen-bond acceptors (Lipinski definition) is 3. The fraction of sp³-hybridized carbons (Fsp3) is 0.222. The van der Waals surface area contributed by atoms with E-state index in [0.29, 0.717) is 5.56 Å². The molecule has 0 unspecified atom stereocenters. The SMILES string of the molecule is N[C@@H](c1ccc(F)cc1)[C@@H](O)C(=O)O. The summed E-state index contributed by atoms with van der Waals surface area (Å²) in [6.07, 6.45) is -1.68. The van der Waals surface area contributed by atoms with Crippen molar-refractivity contribution in [2.24, 2.45) is 5.73 Å². The number of aliphatic hydroxyl groups is 1. The molecule has 0 saturated heterocycles. The summed E-state index contributed by atoms with van der Waals surface area (Å²) in [7, 11) is 0. The van der Waals surface area contributed by atoms with Gasteiger partial charge in [-0.3, -0.25) is 0 Å². The van der Waals surface area contributed by atoms with Crippen molar-refractivity contribution in [1.29, 1.82) is 0 Å². The van der Waals surface area contributed by atoms with Crippen LogP contribution in [0.4, 0.5) is 4.39 Å². The summed E-state index contributed by atoms with van der Waals surface area (Å²) in [5, 5.41) is 17.6. The fourth-order valence-corrected chi connectivity index (χ4v) is 1.02. The number of hydrogen-bond donors (Lipinski definition) is 3. The molecule has 0 aliphatic heterocycles. The molecule has 14 heavy (non-hydrogen) atoms. The minimum atomic E-state index is -1.68. The lowest BCUT2D eigenvalue weighted by Gasteiger charge is -2.14. The van der Waals surface area contributed by atoms with Gasteiger partial charge in [-0.2, -0.15) is 0 Å². The highest BCUT2D eigenvalue weighted by molar-refractivity contribution is 5.73. The minimum absolute atomic E-state index is 0.376. The quantitative estimate of drug-likeness (QED) is 0.652. The van der Waals surface area contributed by atoms with Crippen molar-refractivity contribution in [3.05, 3.63) is 35.6 Å². The zero-order valence-electron chi connectivity index (χ0n) is 7.22. The molecule has 0 aliphatic carbocycles. The third-order valence-electron chi connectivity index (χ3n) is 1.85. The van der Waals surface area contributed by atoms with E-state index < -0.39 is 23.9 Å². The summed E-state index contributed by atoms with van der Waals surface area (Å²) in [5.74, 6) is -1.84. The lowest BCUT2D eigenvalue weighted by atomic mass is 10.0. The van der Waals surface area contributed by atoms with Crippen molar-refractivity contribution in [3.63, 3.8) is 0 Å². The van der Waals surface area contributed by atoms with Crippen molar-refractivity contribution >= 4 is 5.97 Å². The number of benzene rings is 1. The summed E-state index contributed by atoms with van der Waals surface area (Å²) < 4.78 is 12.5. The molecule has 0 aromatic heterocycles. The van der Waals surface area contributed by atoms with Crippen LogP contribution in [0.2, 0.25) is 0 Å². The van der Waals surface area contributed by atoms with Crippen LogP contribution < -0.4 is 5.73 Å². The number of carbonyl (C=O) groups is 1. The van der Waals surface area contributed by atoms with Gasteiger partial charge in [0.2, 0.25) is 0 Å². The average molecular weight is 199 g/mol. The van der Waals surface area contributed by atoms with Gasteiger partial charge in [-0.15, -0.1) is 0 Å². The first-order valence-electron chi connectivity index (χ1n) is 3.94.